The maximum absolute atomic E-state index is 12.7. The van der Waals surface area contributed by atoms with Crippen LogP contribution in [0.4, 0.5) is 0 Å². The Kier molecular flexibility index (Phi) is 4.31. The van der Waals surface area contributed by atoms with Gasteiger partial charge in [0.15, 0.2) is 0 Å². The summed E-state index contributed by atoms with van der Waals surface area (Å²) >= 11 is 1.51. The summed E-state index contributed by atoms with van der Waals surface area (Å²) in [5.74, 6) is -0.0672. The predicted molar refractivity (Wildman–Crippen MR) is 79.1 cm³/mol. The summed E-state index contributed by atoms with van der Waals surface area (Å²) in [6.07, 6.45) is 6.49. The molecule has 112 valence electrons. The van der Waals surface area contributed by atoms with Crippen molar-refractivity contribution in [3.63, 3.8) is 0 Å². The van der Waals surface area contributed by atoms with E-state index in [1.54, 1.807) is 17.3 Å². The number of aromatic nitrogens is 3. The summed E-state index contributed by atoms with van der Waals surface area (Å²) in [5, 5.41) is 16.3. The standard InChI is InChI=1S/C14H18N4O2S/c19-7-6-17(10-13-15-4-8-21-13)14(20)11-9-16-18-5-2-1-3-12(11)18/h4,8-9,19H,1-3,5-7,10H2. The molecule has 3 heterocycles. The Balaban J connectivity index is 1.82. The third-order valence-corrected chi connectivity index (χ3v) is 4.44. The maximum Gasteiger partial charge on any atom is 0.257 e. The molecule has 2 aromatic heterocycles. The highest BCUT2D eigenvalue weighted by Crippen LogP contribution is 2.20. The second kappa shape index (κ2) is 6.36. The van der Waals surface area contributed by atoms with Crippen molar-refractivity contribution >= 4 is 17.2 Å². The van der Waals surface area contributed by atoms with Crippen LogP contribution in [0.2, 0.25) is 0 Å². The van der Waals surface area contributed by atoms with Crippen LogP contribution in [-0.4, -0.2) is 43.8 Å². The number of rotatable bonds is 5. The first-order valence-corrected chi connectivity index (χ1v) is 8.00. The predicted octanol–water partition coefficient (Wildman–Crippen LogP) is 1.31. The van der Waals surface area contributed by atoms with E-state index in [2.05, 4.69) is 10.1 Å². The van der Waals surface area contributed by atoms with Gasteiger partial charge in [-0.1, -0.05) is 0 Å². The van der Waals surface area contributed by atoms with E-state index in [0.29, 0.717) is 18.7 Å². The molecule has 0 aliphatic carbocycles. The van der Waals surface area contributed by atoms with Crippen LogP contribution >= 0.6 is 11.3 Å². The van der Waals surface area contributed by atoms with E-state index in [0.717, 1.165) is 36.5 Å². The van der Waals surface area contributed by atoms with Gasteiger partial charge in [-0.2, -0.15) is 5.10 Å². The van der Waals surface area contributed by atoms with Gasteiger partial charge < -0.3 is 10.0 Å². The highest BCUT2D eigenvalue weighted by atomic mass is 32.1. The molecule has 1 amide bonds. The molecule has 0 saturated heterocycles. The molecule has 0 unspecified atom stereocenters. The van der Waals surface area contributed by atoms with Crippen molar-refractivity contribution in [3.8, 4) is 0 Å². The Morgan fingerprint density at radius 2 is 2.38 bits per heavy atom. The van der Waals surface area contributed by atoms with Gasteiger partial charge in [-0.15, -0.1) is 11.3 Å². The molecule has 7 heteroatoms. The summed E-state index contributed by atoms with van der Waals surface area (Å²) in [6, 6.07) is 0. The normalized spacial score (nSPS) is 14.0. The number of amides is 1. The molecular formula is C14H18N4O2S. The summed E-state index contributed by atoms with van der Waals surface area (Å²) < 4.78 is 1.93. The molecule has 2 aromatic rings. The molecule has 0 aromatic carbocycles. The lowest BCUT2D eigenvalue weighted by Crippen LogP contribution is -2.33. The van der Waals surface area contributed by atoms with Crippen LogP contribution in [0.5, 0.6) is 0 Å². The average molecular weight is 306 g/mol. The molecule has 0 spiro atoms. The second-order valence-corrected chi connectivity index (χ2v) is 6.04. The molecule has 1 aliphatic heterocycles. The number of hydrogen-bond acceptors (Lipinski definition) is 5. The number of carbonyl (C=O) groups is 1. The van der Waals surface area contributed by atoms with Gasteiger partial charge in [0, 0.05) is 24.7 Å². The Morgan fingerprint density at radius 1 is 1.48 bits per heavy atom. The quantitative estimate of drug-likeness (QED) is 0.904. The fourth-order valence-corrected chi connectivity index (χ4v) is 3.27. The smallest absolute Gasteiger partial charge is 0.257 e. The maximum atomic E-state index is 12.7. The molecule has 6 nitrogen and oxygen atoms in total. The third-order valence-electron chi connectivity index (χ3n) is 3.68. The number of thiazole rings is 1. The number of aryl methyl sites for hydroxylation is 1. The molecular weight excluding hydrogens is 288 g/mol. The zero-order valence-electron chi connectivity index (χ0n) is 11.7. The number of nitrogens with zero attached hydrogens (tertiary/aromatic N) is 4. The van der Waals surface area contributed by atoms with E-state index in [9.17, 15) is 9.90 Å². The van der Waals surface area contributed by atoms with Crippen molar-refractivity contribution in [3.05, 3.63) is 34.0 Å². The van der Waals surface area contributed by atoms with Crippen LogP contribution in [-0.2, 0) is 19.5 Å². The minimum absolute atomic E-state index is 0.0550. The summed E-state index contributed by atoms with van der Waals surface area (Å²) in [7, 11) is 0. The molecule has 0 bridgehead atoms. The van der Waals surface area contributed by atoms with Crippen molar-refractivity contribution < 1.29 is 9.90 Å². The molecule has 0 radical (unpaired) electrons. The number of hydrogen-bond donors (Lipinski definition) is 1. The van der Waals surface area contributed by atoms with Gasteiger partial charge in [-0.05, 0) is 19.3 Å². The van der Waals surface area contributed by atoms with Gasteiger partial charge in [0.1, 0.15) is 5.01 Å². The second-order valence-electron chi connectivity index (χ2n) is 5.06. The number of fused-ring (bicyclic) bond motifs is 1. The molecule has 1 N–H and O–H groups in total. The van der Waals surface area contributed by atoms with Crippen LogP contribution in [0.15, 0.2) is 17.8 Å². The van der Waals surface area contributed by atoms with Crippen molar-refractivity contribution in [2.75, 3.05) is 13.2 Å². The number of aliphatic hydroxyl groups excluding tert-OH is 1. The molecule has 1 aliphatic rings. The van der Waals surface area contributed by atoms with E-state index in [4.69, 9.17) is 0 Å². The van der Waals surface area contributed by atoms with Gasteiger partial charge in [0.05, 0.1) is 30.6 Å². The van der Waals surface area contributed by atoms with Gasteiger partial charge in [0.2, 0.25) is 0 Å². The van der Waals surface area contributed by atoms with Crippen molar-refractivity contribution in [1.29, 1.82) is 0 Å². The van der Waals surface area contributed by atoms with E-state index in [1.165, 1.54) is 11.3 Å². The fraction of sp³-hybridized carbons (Fsp3) is 0.500. The largest absolute Gasteiger partial charge is 0.395 e. The highest BCUT2D eigenvalue weighted by molar-refractivity contribution is 7.09. The lowest BCUT2D eigenvalue weighted by Gasteiger charge is -2.21. The number of carbonyl (C=O) groups excluding carboxylic acids is 1. The first kappa shape index (κ1) is 14.2. The number of aliphatic hydroxyl groups is 1. The first-order valence-electron chi connectivity index (χ1n) is 7.13. The lowest BCUT2D eigenvalue weighted by molar-refractivity contribution is 0.0706. The Bertz CT molecular complexity index is 609. The molecule has 0 saturated carbocycles. The summed E-state index contributed by atoms with van der Waals surface area (Å²) in [4.78, 5) is 18.6. The van der Waals surface area contributed by atoms with E-state index in [1.807, 2.05) is 10.1 Å². The van der Waals surface area contributed by atoms with Gasteiger partial charge in [-0.25, -0.2) is 4.98 Å². The molecule has 21 heavy (non-hydrogen) atoms. The van der Waals surface area contributed by atoms with Gasteiger partial charge >= 0.3 is 0 Å². The Hall–Kier alpha value is -1.73. The van der Waals surface area contributed by atoms with Crippen LogP contribution in [0.1, 0.15) is 33.9 Å². The third kappa shape index (κ3) is 2.98. The van der Waals surface area contributed by atoms with Crippen molar-refractivity contribution in [2.45, 2.75) is 32.4 Å². The molecule has 0 atom stereocenters. The van der Waals surface area contributed by atoms with E-state index >= 15 is 0 Å². The van der Waals surface area contributed by atoms with Crippen molar-refractivity contribution in [1.82, 2.24) is 19.7 Å². The summed E-state index contributed by atoms with van der Waals surface area (Å²) in [5.41, 5.74) is 1.69. The van der Waals surface area contributed by atoms with E-state index in [-0.39, 0.29) is 12.5 Å². The first-order chi connectivity index (χ1) is 10.3. The highest BCUT2D eigenvalue weighted by Gasteiger charge is 2.24. The van der Waals surface area contributed by atoms with Crippen LogP contribution < -0.4 is 0 Å². The lowest BCUT2D eigenvalue weighted by atomic mass is 10.1. The fourth-order valence-electron chi connectivity index (χ4n) is 2.64. The SMILES string of the molecule is O=C(c1cnn2c1CCCC2)N(CCO)Cc1nccs1. The van der Waals surface area contributed by atoms with E-state index < -0.39 is 0 Å². The zero-order chi connectivity index (χ0) is 14.7. The monoisotopic (exact) mass is 306 g/mol. The minimum atomic E-state index is -0.0672. The van der Waals surface area contributed by atoms with Crippen LogP contribution in [0.3, 0.4) is 0 Å². The molecule has 0 fully saturated rings. The minimum Gasteiger partial charge on any atom is -0.395 e. The average Bonchev–Trinajstić information content (AvgIpc) is 3.15. The van der Waals surface area contributed by atoms with Gasteiger partial charge in [-0.3, -0.25) is 9.48 Å². The Labute approximate surface area is 127 Å². The van der Waals surface area contributed by atoms with Crippen molar-refractivity contribution in [2.24, 2.45) is 0 Å². The topological polar surface area (TPSA) is 71.2 Å². The molecule has 3 rings (SSSR count). The zero-order valence-corrected chi connectivity index (χ0v) is 12.6. The van der Waals surface area contributed by atoms with Crippen LogP contribution in [0, 0.1) is 0 Å². The van der Waals surface area contributed by atoms with Crippen LogP contribution in [0.25, 0.3) is 0 Å². The van der Waals surface area contributed by atoms with Gasteiger partial charge in [0.25, 0.3) is 5.91 Å². The Morgan fingerprint density at radius 3 is 3.14 bits per heavy atom. The summed E-state index contributed by atoms with van der Waals surface area (Å²) in [6.45, 7) is 1.57.